The van der Waals surface area contributed by atoms with Gasteiger partial charge in [0.1, 0.15) is 17.2 Å². The molecule has 1 N–H and O–H groups in total. The summed E-state index contributed by atoms with van der Waals surface area (Å²) in [6.07, 6.45) is 5.98. The van der Waals surface area contributed by atoms with Crippen molar-refractivity contribution in [3.05, 3.63) is 53.7 Å². The molecule has 3 aromatic rings. The zero-order chi connectivity index (χ0) is 19.4. The number of pyridine rings is 1. The Labute approximate surface area is 161 Å². The number of benzene rings is 1. The number of nitrogens with one attached hydrogen (secondary N) is 1. The lowest BCUT2D eigenvalue weighted by atomic mass is 9.98. The standard InChI is InChI=1S/C23H29N3O/c1-5-7-8-18(6-2)23(27)25-22-21(19-12-9-16(3)10-13-19)24-20-14-11-17(4)15-26(20)22/h9-15,18H,5-8H2,1-4H3,(H,25,27)/t18-/m0/s1. The molecule has 27 heavy (non-hydrogen) atoms. The Morgan fingerprint density at radius 2 is 1.78 bits per heavy atom. The van der Waals surface area contributed by atoms with Gasteiger partial charge in [-0.05, 0) is 38.3 Å². The molecule has 3 rings (SSSR count). The van der Waals surface area contributed by atoms with Crippen LogP contribution in [-0.4, -0.2) is 15.3 Å². The highest BCUT2D eigenvalue weighted by Gasteiger charge is 2.21. The van der Waals surface area contributed by atoms with Gasteiger partial charge in [0.25, 0.3) is 0 Å². The van der Waals surface area contributed by atoms with E-state index in [2.05, 4.69) is 50.4 Å². The van der Waals surface area contributed by atoms with Crippen LogP contribution in [0.5, 0.6) is 0 Å². The Hall–Kier alpha value is -2.62. The Morgan fingerprint density at radius 3 is 2.44 bits per heavy atom. The van der Waals surface area contributed by atoms with E-state index in [-0.39, 0.29) is 11.8 Å². The van der Waals surface area contributed by atoms with E-state index in [4.69, 9.17) is 4.98 Å². The van der Waals surface area contributed by atoms with Crippen molar-refractivity contribution in [2.75, 3.05) is 5.32 Å². The molecule has 4 nitrogen and oxygen atoms in total. The molecule has 1 aromatic carbocycles. The second-order valence-electron chi connectivity index (χ2n) is 7.35. The third-order valence-corrected chi connectivity index (χ3v) is 5.10. The van der Waals surface area contributed by atoms with Gasteiger partial charge in [0.05, 0.1) is 0 Å². The van der Waals surface area contributed by atoms with Gasteiger partial charge in [-0.3, -0.25) is 9.20 Å². The van der Waals surface area contributed by atoms with Crippen molar-refractivity contribution in [2.24, 2.45) is 5.92 Å². The van der Waals surface area contributed by atoms with Crippen molar-refractivity contribution in [1.82, 2.24) is 9.38 Å². The van der Waals surface area contributed by atoms with Crippen molar-refractivity contribution in [3.8, 4) is 11.3 Å². The molecule has 0 fully saturated rings. The summed E-state index contributed by atoms with van der Waals surface area (Å²) >= 11 is 0. The lowest BCUT2D eigenvalue weighted by molar-refractivity contribution is -0.120. The maximum atomic E-state index is 13.0. The number of aromatic nitrogens is 2. The molecule has 0 aliphatic heterocycles. The molecule has 0 aliphatic carbocycles. The molecule has 2 heterocycles. The molecule has 1 atom stereocenters. The number of nitrogens with zero attached hydrogens (tertiary/aromatic N) is 2. The summed E-state index contributed by atoms with van der Waals surface area (Å²) in [5.41, 5.74) is 5.00. The number of hydrogen-bond donors (Lipinski definition) is 1. The normalized spacial score (nSPS) is 12.3. The first-order valence-corrected chi connectivity index (χ1v) is 9.90. The van der Waals surface area contributed by atoms with E-state index in [0.717, 1.165) is 54.0 Å². The van der Waals surface area contributed by atoms with Crippen LogP contribution in [0.25, 0.3) is 16.9 Å². The van der Waals surface area contributed by atoms with Gasteiger partial charge in [-0.25, -0.2) is 4.98 Å². The van der Waals surface area contributed by atoms with Gasteiger partial charge in [-0.15, -0.1) is 0 Å². The average molecular weight is 364 g/mol. The second kappa shape index (κ2) is 8.38. The zero-order valence-corrected chi connectivity index (χ0v) is 16.7. The van der Waals surface area contributed by atoms with Crippen LogP contribution in [-0.2, 0) is 4.79 Å². The summed E-state index contributed by atoms with van der Waals surface area (Å²) in [5, 5.41) is 3.20. The minimum atomic E-state index is 0.0335. The van der Waals surface area contributed by atoms with Gasteiger partial charge in [-0.1, -0.05) is 62.6 Å². The van der Waals surface area contributed by atoms with Crippen LogP contribution in [0.1, 0.15) is 50.7 Å². The lowest BCUT2D eigenvalue weighted by Gasteiger charge is -2.15. The molecular weight excluding hydrogens is 334 g/mol. The van der Waals surface area contributed by atoms with E-state index < -0.39 is 0 Å². The highest BCUT2D eigenvalue weighted by molar-refractivity contribution is 5.96. The summed E-state index contributed by atoms with van der Waals surface area (Å²) in [6.45, 7) is 8.36. The molecule has 0 aliphatic rings. The highest BCUT2D eigenvalue weighted by atomic mass is 16.2. The monoisotopic (exact) mass is 363 g/mol. The first-order chi connectivity index (χ1) is 13.0. The number of hydrogen-bond acceptors (Lipinski definition) is 2. The van der Waals surface area contributed by atoms with Gasteiger partial charge in [0.15, 0.2) is 0 Å². The summed E-state index contributed by atoms with van der Waals surface area (Å²) < 4.78 is 2.00. The van der Waals surface area contributed by atoms with E-state index >= 15 is 0 Å². The third kappa shape index (κ3) is 4.21. The minimum Gasteiger partial charge on any atom is -0.310 e. The number of aryl methyl sites for hydroxylation is 2. The predicted molar refractivity (Wildman–Crippen MR) is 112 cm³/mol. The van der Waals surface area contributed by atoms with E-state index in [9.17, 15) is 4.79 Å². The fraction of sp³-hybridized carbons (Fsp3) is 0.391. The Balaban J connectivity index is 2.03. The number of carbonyl (C=O) groups is 1. The van der Waals surface area contributed by atoms with E-state index in [1.54, 1.807) is 0 Å². The summed E-state index contributed by atoms with van der Waals surface area (Å²) in [5.74, 6) is 0.881. The number of carbonyl (C=O) groups excluding carboxylic acids is 1. The van der Waals surface area contributed by atoms with Gasteiger partial charge in [-0.2, -0.15) is 0 Å². The van der Waals surface area contributed by atoms with Gasteiger partial charge < -0.3 is 5.32 Å². The molecule has 0 radical (unpaired) electrons. The topological polar surface area (TPSA) is 46.4 Å². The number of fused-ring (bicyclic) bond motifs is 1. The smallest absolute Gasteiger partial charge is 0.228 e. The van der Waals surface area contributed by atoms with E-state index in [1.807, 2.05) is 29.7 Å². The van der Waals surface area contributed by atoms with Crippen LogP contribution in [0.15, 0.2) is 42.6 Å². The number of amides is 1. The maximum Gasteiger partial charge on any atom is 0.228 e. The van der Waals surface area contributed by atoms with Crippen molar-refractivity contribution >= 4 is 17.4 Å². The molecular formula is C23H29N3O. The molecule has 4 heteroatoms. The van der Waals surface area contributed by atoms with Crippen LogP contribution >= 0.6 is 0 Å². The Morgan fingerprint density at radius 1 is 1.07 bits per heavy atom. The second-order valence-corrected chi connectivity index (χ2v) is 7.35. The van der Waals surface area contributed by atoms with Crippen molar-refractivity contribution in [1.29, 1.82) is 0 Å². The number of rotatable bonds is 7. The van der Waals surface area contributed by atoms with Crippen LogP contribution in [0, 0.1) is 19.8 Å². The molecule has 0 bridgehead atoms. The van der Waals surface area contributed by atoms with Crippen LogP contribution in [0.4, 0.5) is 5.82 Å². The van der Waals surface area contributed by atoms with Crippen molar-refractivity contribution < 1.29 is 4.79 Å². The summed E-state index contributed by atoms with van der Waals surface area (Å²) in [6, 6.07) is 12.3. The van der Waals surface area contributed by atoms with E-state index in [1.165, 1.54) is 5.56 Å². The molecule has 1 amide bonds. The zero-order valence-electron chi connectivity index (χ0n) is 16.7. The Bertz CT molecular complexity index is 925. The quantitative estimate of drug-likeness (QED) is 0.579. The van der Waals surface area contributed by atoms with Crippen LogP contribution in [0.3, 0.4) is 0 Å². The molecule has 0 saturated heterocycles. The number of imidazole rings is 1. The summed E-state index contributed by atoms with van der Waals surface area (Å²) in [7, 11) is 0. The van der Waals surface area contributed by atoms with Crippen molar-refractivity contribution in [3.63, 3.8) is 0 Å². The van der Waals surface area contributed by atoms with Crippen molar-refractivity contribution in [2.45, 2.75) is 53.4 Å². The fourth-order valence-corrected chi connectivity index (χ4v) is 3.37. The molecule has 0 unspecified atom stereocenters. The SMILES string of the molecule is CCCC[C@H](CC)C(=O)Nc1c(-c2ccc(C)cc2)nc2ccc(C)cn12. The molecule has 2 aromatic heterocycles. The third-order valence-electron chi connectivity index (χ3n) is 5.10. The summed E-state index contributed by atoms with van der Waals surface area (Å²) in [4.78, 5) is 17.8. The van der Waals surface area contributed by atoms with Crippen LogP contribution < -0.4 is 5.32 Å². The fourth-order valence-electron chi connectivity index (χ4n) is 3.37. The van der Waals surface area contributed by atoms with E-state index in [0.29, 0.717) is 0 Å². The molecule has 0 saturated carbocycles. The average Bonchev–Trinajstić information content (AvgIpc) is 3.00. The minimum absolute atomic E-state index is 0.0335. The van der Waals surface area contributed by atoms with Gasteiger partial charge in [0, 0.05) is 17.7 Å². The first kappa shape index (κ1) is 19.2. The largest absolute Gasteiger partial charge is 0.310 e. The molecule has 142 valence electrons. The van der Waals surface area contributed by atoms with Gasteiger partial charge >= 0.3 is 0 Å². The predicted octanol–water partition coefficient (Wildman–Crippen LogP) is 5.77. The Kier molecular flexibility index (Phi) is 5.94. The number of anilines is 1. The first-order valence-electron chi connectivity index (χ1n) is 9.90. The van der Waals surface area contributed by atoms with Crippen LogP contribution in [0.2, 0.25) is 0 Å². The van der Waals surface area contributed by atoms with Gasteiger partial charge in [0.2, 0.25) is 5.91 Å². The lowest BCUT2D eigenvalue weighted by Crippen LogP contribution is -2.23. The molecule has 0 spiro atoms. The highest BCUT2D eigenvalue weighted by Crippen LogP contribution is 2.30. The maximum absolute atomic E-state index is 13.0. The number of unbranched alkanes of at least 4 members (excludes halogenated alkanes) is 1.